The molecule has 9 heteroatoms. The Morgan fingerprint density at radius 1 is 1.26 bits per heavy atom. The Morgan fingerprint density at radius 3 is 2.74 bits per heavy atom. The van der Waals surface area contributed by atoms with Crippen LogP contribution in [0.5, 0.6) is 5.75 Å². The second-order valence-corrected chi connectivity index (χ2v) is 8.21. The molecule has 1 aromatic rings. The largest absolute Gasteiger partial charge is 0.479 e. The van der Waals surface area contributed by atoms with Gasteiger partial charge in [-0.15, -0.1) is 22.7 Å². The van der Waals surface area contributed by atoms with E-state index in [9.17, 15) is 14.7 Å². The first-order valence-electron chi connectivity index (χ1n) is 8.43. The summed E-state index contributed by atoms with van der Waals surface area (Å²) in [6, 6.07) is 4.35. The summed E-state index contributed by atoms with van der Waals surface area (Å²) in [6.07, 6.45) is 1.93. The maximum absolute atomic E-state index is 11.5. The van der Waals surface area contributed by atoms with Crippen LogP contribution in [0.15, 0.2) is 17.5 Å². The van der Waals surface area contributed by atoms with E-state index in [0.29, 0.717) is 11.4 Å². The van der Waals surface area contributed by atoms with Crippen molar-refractivity contribution < 1.29 is 29.3 Å². The second kappa shape index (κ2) is 7.34. The molecule has 0 saturated carbocycles. The van der Waals surface area contributed by atoms with Crippen LogP contribution >= 0.6 is 22.7 Å². The number of aliphatic carboxylic acids is 1. The normalized spacial score (nSPS) is 15.3. The molecular formula is C18H17NO6S2. The first kappa shape index (κ1) is 18.0. The molecule has 2 aliphatic heterocycles. The van der Waals surface area contributed by atoms with Crippen molar-refractivity contribution >= 4 is 50.4 Å². The molecular weight excluding hydrogens is 390 g/mol. The van der Waals surface area contributed by atoms with Gasteiger partial charge < -0.3 is 25.0 Å². The van der Waals surface area contributed by atoms with Crippen LogP contribution in [0.4, 0.5) is 5.69 Å². The van der Waals surface area contributed by atoms with E-state index in [2.05, 4.69) is 5.32 Å². The third-order valence-electron chi connectivity index (χ3n) is 4.41. The molecule has 0 radical (unpaired) electrons. The SMILES string of the molecule is O=C(O)COc1c(C(=O)O)sc2cc3cc(NC4CCOCC4)csc-3c12. The number of nitrogens with one attached hydrogen (secondary N) is 1. The molecule has 1 aromatic heterocycles. The fourth-order valence-electron chi connectivity index (χ4n) is 3.22. The highest BCUT2D eigenvalue weighted by atomic mass is 32.1. The number of anilines is 1. The average Bonchev–Trinajstić information content (AvgIpc) is 3.16. The van der Waals surface area contributed by atoms with Crippen molar-refractivity contribution in [3.63, 3.8) is 0 Å². The monoisotopic (exact) mass is 407 g/mol. The Morgan fingerprint density at radius 2 is 2.04 bits per heavy atom. The Bertz CT molecular complexity index is 972. The van der Waals surface area contributed by atoms with Gasteiger partial charge in [0.1, 0.15) is 0 Å². The number of rotatable bonds is 6. The lowest BCUT2D eigenvalue weighted by molar-refractivity contribution is -0.139. The maximum atomic E-state index is 11.5. The van der Waals surface area contributed by atoms with Crippen molar-refractivity contribution in [1.29, 1.82) is 0 Å². The van der Waals surface area contributed by atoms with Crippen LogP contribution in [0.25, 0.3) is 20.5 Å². The first-order chi connectivity index (χ1) is 13.0. The van der Waals surface area contributed by atoms with Crippen LogP contribution in [0.2, 0.25) is 0 Å². The molecule has 0 amide bonds. The minimum Gasteiger partial charge on any atom is -0.479 e. The van der Waals surface area contributed by atoms with Gasteiger partial charge in [-0.05, 0) is 30.5 Å². The molecule has 3 aliphatic rings. The number of carbonyl (C=O) groups is 2. The number of hydrogen-bond acceptors (Lipinski definition) is 7. The average molecular weight is 407 g/mol. The standard InChI is InChI=1S/C18H17NO6S2/c20-13(21)7-25-15-14-12(27-17(15)18(22)23)6-9-5-11(8-26-16(9)14)19-10-1-3-24-4-2-10/h5-6,8,10,19H,1-4,7H2,(H,20,21)(H,22,23). The molecule has 7 nitrogen and oxygen atoms in total. The Labute approximate surface area is 162 Å². The summed E-state index contributed by atoms with van der Waals surface area (Å²) in [7, 11) is 0. The second-order valence-electron chi connectivity index (χ2n) is 6.28. The molecule has 0 aromatic carbocycles. The summed E-state index contributed by atoms with van der Waals surface area (Å²) in [4.78, 5) is 23.3. The molecule has 0 unspecified atom stereocenters. The first-order valence-corrected chi connectivity index (χ1v) is 10.1. The zero-order chi connectivity index (χ0) is 19.0. The number of fused-ring (bicyclic) bond motifs is 3. The van der Waals surface area contributed by atoms with Crippen LogP contribution in [-0.2, 0) is 9.53 Å². The highest BCUT2D eigenvalue weighted by Crippen LogP contribution is 2.49. The zero-order valence-electron chi connectivity index (χ0n) is 14.2. The predicted molar refractivity (Wildman–Crippen MR) is 104 cm³/mol. The van der Waals surface area contributed by atoms with Gasteiger partial charge in [0.25, 0.3) is 0 Å². The minimum absolute atomic E-state index is 0.0276. The number of ether oxygens (including phenoxy) is 2. The third-order valence-corrected chi connectivity index (χ3v) is 6.56. The van der Waals surface area contributed by atoms with E-state index < -0.39 is 18.5 Å². The lowest BCUT2D eigenvalue weighted by atomic mass is 10.1. The van der Waals surface area contributed by atoms with Gasteiger partial charge in [0.05, 0.1) is 5.39 Å². The molecule has 3 N–H and O–H groups in total. The van der Waals surface area contributed by atoms with Gasteiger partial charge in [0.15, 0.2) is 17.2 Å². The molecule has 3 heterocycles. The van der Waals surface area contributed by atoms with Gasteiger partial charge >= 0.3 is 11.9 Å². The van der Waals surface area contributed by atoms with E-state index in [0.717, 1.165) is 58.2 Å². The molecule has 4 rings (SSSR count). The lowest BCUT2D eigenvalue weighted by Crippen LogP contribution is -2.27. The fraction of sp³-hybridized carbons (Fsp3) is 0.333. The molecule has 1 saturated heterocycles. The topological polar surface area (TPSA) is 105 Å². The van der Waals surface area contributed by atoms with Gasteiger partial charge in [-0.25, -0.2) is 9.59 Å². The predicted octanol–water partition coefficient (Wildman–Crippen LogP) is 3.82. The molecule has 0 bridgehead atoms. The van der Waals surface area contributed by atoms with E-state index in [1.165, 1.54) is 11.3 Å². The number of aromatic carboxylic acids is 1. The van der Waals surface area contributed by atoms with E-state index in [1.807, 2.05) is 17.5 Å². The quantitative estimate of drug-likeness (QED) is 0.570. The van der Waals surface area contributed by atoms with Gasteiger partial charge in [-0.1, -0.05) is 0 Å². The summed E-state index contributed by atoms with van der Waals surface area (Å²) in [5, 5.41) is 24.5. The van der Waals surface area contributed by atoms with Crippen LogP contribution < -0.4 is 10.1 Å². The van der Waals surface area contributed by atoms with Crippen LogP contribution in [0, 0.1) is 0 Å². The molecule has 27 heavy (non-hydrogen) atoms. The number of carboxylic acid groups (broad SMARTS) is 2. The molecule has 1 aliphatic carbocycles. The van der Waals surface area contributed by atoms with Crippen molar-refractivity contribution in [2.75, 3.05) is 25.1 Å². The van der Waals surface area contributed by atoms with Crippen LogP contribution in [-0.4, -0.2) is 48.0 Å². The van der Waals surface area contributed by atoms with E-state index in [1.54, 1.807) is 0 Å². The zero-order valence-corrected chi connectivity index (χ0v) is 15.8. The lowest BCUT2D eigenvalue weighted by Gasteiger charge is -2.24. The van der Waals surface area contributed by atoms with Crippen molar-refractivity contribution in [2.24, 2.45) is 0 Å². The van der Waals surface area contributed by atoms with Gasteiger partial charge in [-0.2, -0.15) is 0 Å². The minimum atomic E-state index is -1.15. The van der Waals surface area contributed by atoms with Crippen molar-refractivity contribution in [3.05, 3.63) is 22.4 Å². The van der Waals surface area contributed by atoms with Crippen LogP contribution in [0.3, 0.4) is 0 Å². The summed E-state index contributed by atoms with van der Waals surface area (Å²) >= 11 is 2.60. The van der Waals surface area contributed by atoms with E-state index >= 15 is 0 Å². The number of carboxylic acids is 2. The number of hydrogen-bond donors (Lipinski definition) is 3. The van der Waals surface area contributed by atoms with E-state index in [-0.39, 0.29) is 10.6 Å². The van der Waals surface area contributed by atoms with Crippen molar-refractivity contribution in [3.8, 4) is 16.2 Å². The summed E-state index contributed by atoms with van der Waals surface area (Å²) < 4.78 is 11.5. The van der Waals surface area contributed by atoms with Crippen LogP contribution in [0.1, 0.15) is 22.5 Å². The van der Waals surface area contributed by atoms with E-state index in [4.69, 9.17) is 14.6 Å². The Balaban J connectivity index is 1.71. The smallest absolute Gasteiger partial charge is 0.349 e. The Hall–Kier alpha value is -2.36. The Kier molecular flexibility index (Phi) is 4.90. The maximum Gasteiger partial charge on any atom is 0.349 e. The molecule has 1 fully saturated rings. The van der Waals surface area contributed by atoms with Crippen molar-refractivity contribution in [2.45, 2.75) is 18.9 Å². The van der Waals surface area contributed by atoms with Crippen molar-refractivity contribution in [1.82, 2.24) is 0 Å². The van der Waals surface area contributed by atoms with Gasteiger partial charge in [0, 0.05) is 39.9 Å². The third kappa shape index (κ3) is 3.58. The summed E-state index contributed by atoms with van der Waals surface area (Å²) in [6.45, 7) is 0.947. The summed E-state index contributed by atoms with van der Waals surface area (Å²) in [5.74, 6) is -2.12. The highest BCUT2D eigenvalue weighted by Gasteiger charge is 2.26. The molecule has 0 atom stereocenters. The summed E-state index contributed by atoms with van der Waals surface area (Å²) in [5.41, 5.74) is 2.00. The van der Waals surface area contributed by atoms with Gasteiger partial charge in [-0.3, -0.25) is 0 Å². The number of thiophene rings is 1. The molecule has 0 spiro atoms. The van der Waals surface area contributed by atoms with Gasteiger partial charge in [0.2, 0.25) is 0 Å². The fourth-order valence-corrected chi connectivity index (χ4v) is 5.29. The molecule has 142 valence electrons. The highest BCUT2D eigenvalue weighted by molar-refractivity contribution is 7.22.